The lowest BCUT2D eigenvalue weighted by Crippen LogP contribution is -2.45. The van der Waals surface area contributed by atoms with E-state index < -0.39 is 0 Å². The van der Waals surface area contributed by atoms with E-state index in [0.29, 0.717) is 6.42 Å². The van der Waals surface area contributed by atoms with E-state index in [1.807, 2.05) is 18.2 Å². The maximum Gasteiger partial charge on any atom is 0.309 e. The predicted molar refractivity (Wildman–Crippen MR) is 79.6 cm³/mol. The Morgan fingerprint density at radius 1 is 1.10 bits per heavy atom. The molecular formula is C16H24N2O2. The van der Waals surface area contributed by atoms with Crippen LogP contribution in [0.15, 0.2) is 24.3 Å². The summed E-state index contributed by atoms with van der Waals surface area (Å²) in [5.74, 6) is -0.173. The van der Waals surface area contributed by atoms with Gasteiger partial charge in [-0.15, -0.1) is 0 Å². The molecule has 0 atom stereocenters. The second kappa shape index (κ2) is 7.41. The van der Waals surface area contributed by atoms with Gasteiger partial charge in [0.25, 0.3) is 0 Å². The van der Waals surface area contributed by atoms with E-state index in [0.717, 1.165) is 44.8 Å². The van der Waals surface area contributed by atoms with Crippen molar-refractivity contribution in [1.82, 2.24) is 9.80 Å². The Morgan fingerprint density at radius 2 is 1.70 bits per heavy atom. The van der Waals surface area contributed by atoms with Crippen molar-refractivity contribution in [2.75, 3.05) is 39.8 Å². The normalized spacial score (nSPS) is 17.1. The van der Waals surface area contributed by atoms with E-state index in [9.17, 15) is 4.79 Å². The van der Waals surface area contributed by atoms with Crippen LogP contribution < -0.4 is 0 Å². The van der Waals surface area contributed by atoms with Gasteiger partial charge in [0.1, 0.15) is 0 Å². The monoisotopic (exact) mass is 276 g/mol. The Kier molecular flexibility index (Phi) is 5.56. The largest absolute Gasteiger partial charge is 0.469 e. The Bertz CT molecular complexity index is 440. The summed E-state index contributed by atoms with van der Waals surface area (Å²) in [6.07, 6.45) is 0.363. The second-order valence-corrected chi connectivity index (χ2v) is 5.23. The molecule has 1 aromatic carbocycles. The smallest absolute Gasteiger partial charge is 0.309 e. The topological polar surface area (TPSA) is 32.8 Å². The molecule has 1 fully saturated rings. The van der Waals surface area contributed by atoms with Crippen LogP contribution in [-0.2, 0) is 22.5 Å². The van der Waals surface area contributed by atoms with E-state index in [1.165, 1.54) is 12.7 Å². The molecule has 110 valence electrons. The number of ether oxygens (including phenoxy) is 1. The molecule has 2 rings (SSSR count). The Hall–Kier alpha value is -1.39. The Balaban J connectivity index is 1.97. The molecule has 0 spiro atoms. The minimum Gasteiger partial charge on any atom is -0.469 e. The van der Waals surface area contributed by atoms with Crippen molar-refractivity contribution in [1.29, 1.82) is 0 Å². The van der Waals surface area contributed by atoms with E-state index in [1.54, 1.807) is 0 Å². The quantitative estimate of drug-likeness (QED) is 0.764. The van der Waals surface area contributed by atoms with Crippen LogP contribution in [0.3, 0.4) is 0 Å². The summed E-state index contributed by atoms with van der Waals surface area (Å²) in [6, 6.07) is 8.16. The fourth-order valence-corrected chi connectivity index (χ4v) is 2.62. The predicted octanol–water partition coefficient (Wildman–Crippen LogP) is 1.54. The number of likely N-dealkylation sites (N-methyl/N-ethyl adjacent to an activating group) is 1. The summed E-state index contributed by atoms with van der Waals surface area (Å²) >= 11 is 0. The molecule has 20 heavy (non-hydrogen) atoms. The third-order valence-corrected chi connectivity index (χ3v) is 3.99. The Labute approximate surface area is 121 Å². The van der Waals surface area contributed by atoms with Gasteiger partial charge in [-0.2, -0.15) is 0 Å². The van der Waals surface area contributed by atoms with Gasteiger partial charge in [-0.3, -0.25) is 9.69 Å². The molecule has 1 saturated heterocycles. The van der Waals surface area contributed by atoms with E-state index in [-0.39, 0.29) is 5.97 Å². The highest BCUT2D eigenvalue weighted by molar-refractivity contribution is 5.72. The molecule has 0 saturated carbocycles. The minimum atomic E-state index is -0.173. The summed E-state index contributed by atoms with van der Waals surface area (Å²) in [5, 5.41) is 0. The number of rotatable bonds is 5. The molecule has 0 radical (unpaired) electrons. The van der Waals surface area contributed by atoms with Crippen LogP contribution in [0.2, 0.25) is 0 Å². The van der Waals surface area contributed by atoms with Crippen molar-refractivity contribution in [3.8, 4) is 0 Å². The molecular weight excluding hydrogens is 252 g/mol. The number of methoxy groups -OCH3 is 1. The van der Waals surface area contributed by atoms with Gasteiger partial charge in [0.05, 0.1) is 13.5 Å². The highest BCUT2D eigenvalue weighted by atomic mass is 16.5. The average Bonchev–Trinajstić information content (AvgIpc) is 2.50. The van der Waals surface area contributed by atoms with E-state index in [2.05, 4.69) is 22.8 Å². The van der Waals surface area contributed by atoms with Crippen LogP contribution in [0.25, 0.3) is 0 Å². The number of carbonyl (C=O) groups is 1. The third-order valence-electron chi connectivity index (χ3n) is 3.99. The number of esters is 1. The highest BCUT2D eigenvalue weighted by Gasteiger charge is 2.17. The summed E-state index contributed by atoms with van der Waals surface area (Å²) < 4.78 is 4.77. The SMILES string of the molecule is CCN1CCN(Cc2ccccc2CC(=O)OC)CC1. The molecule has 0 N–H and O–H groups in total. The average molecular weight is 276 g/mol. The van der Waals surface area contributed by atoms with Crippen LogP contribution in [0, 0.1) is 0 Å². The molecule has 0 aromatic heterocycles. The maximum atomic E-state index is 11.5. The van der Waals surface area contributed by atoms with Crippen molar-refractivity contribution in [2.45, 2.75) is 19.9 Å². The van der Waals surface area contributed by atoms with Gasteiger partial charge in [0.2, 0.25) is 0 Å². The van der Waals surface area contributed by atoms with Crippen molar-refractivity contribution < 1.29 is 9.53 Å². The first-order chi connectivity index (χ1) is 9.72. The standard InChI is InChI=1S/C16H24N2O2/c1-3-17-8-10-18(11-9-17)13-15-7-5-4-6-14(15)12-16(19)20-2/h4-7H,3,8-13H2,1-2H3. The fraction of sp³-hybridized carbons (Fsp3) is 0.562. The third kappa shape index (κ3) is 4.05. The molecule has 0 aliphatic carbocycles. The molecule has 1 heterocycles. The van der Waals surface area contributed by atoms with Gasteiger partial charge in [-0.1, -0.05) is 31.2 Å². The van der Waals surface area contributed by atoms with Gasteiger partial charge >= 0.3 is 5.97 Å². The van der Waals surface area contributed by atoms with Crippen molar-refractivity contribution >= 4 is 5.97 Å². The summed E-state index contributed by atoms with van der Waals surface area (Å²) in [4.78, 5) is 16.4. The zero-order valence-corrected chi connectivity index (χ0v) is 12.5. The molecule has 0 amide bonds. The lowest BCUT2D eigenvalue weighted by Gasteiger charge is -2.34. The summed E-state index contributed by atoms with van der Waals surface area (Å²) in [5.41, 5.74) is 2.32. The maximum absolute atomic E-state index is 11.5. The molecule has 4 nitrogen and oxygen atoms in total. The first-order valence-electron chi connectivity index (χ1n) is 7.31. The number of hydrogen-bond acceptors (Lipinski definition) is 4. The highest BCUT2D eigenvalue weighted by Crippen LogP contribution is 2.14. The van der Waals surface area contributed by atoms with Gasteiger partial charge in [-0.25, -0.2) is 0 Å². The molecule has 0 bridgehead atoms. The zero-order chi connectivity index (χ0) is 14.4. The fourth-order valence-electron chi connectivity index (χ4n) is 2.62. The van der Waals surface area contributed by atoms with Crippen molar-refractivity contribution in [3.63, 3.8) is 0 Å². The molecule has 1 aromatic rings. The molecule has 0 unspecified atom stereocenters. The Morgan fingerprint density at radius 3 is 2.30 bits per heavy atom. The van der Waals surface area contributed by atoms with Crippen LogP contribution in [0.4, 0.5) is 0 Å². The van der Waals surface area contributed by atoms with Gasteiger partial charge in [0, 0.05) is 32.7 Å². The van der Waals surface area contributed by atoms with Crippen LogP contribution >= 0.6 is 0 Å². The van der Waals surface area contributed by atoms with E-state index >= 15 is 0 Å². The van der Waals surface area contributed by atoms with E-state index in [4.69, 9.17) is 4.74 Å². The lowest BCUT2D eigenvalue weighted by molar-refractivity contribution is -0.139. The minimum absolute atomic E-state index is 0.173. The molecule has 4 heteroatoms. The number of piperazine rings is 1. The number of hydrogen-bond donors (Lipinski definition) is 0. The van der Waals surface area contributed by atoms with Gasteiger partial charge in [-0.05, 0) is 17.7 Å². The number of nitrogens with zero attached hydrogens (tertiary/aromatic N) is 2. The lowest BCUT2D eigenvalue weighted by atomic mass is 10.0. The first kappa shape index (κ1) is 15.0. The number of carbonyl (C=O) groups excluding carboxylic acids is 1. The zero-order valence-electron chi connectivity index (χ0n) is 12.5. The van der Waals surface area contributed by atoms with Crippen molar-refractivity contribution in [2.24, 2.45) is 0 Å². The first-order valence-corrected chi connectivity index (χ1v) is 7.31. The molecule has 1 aliphatic rings. The van der Waals surface area contributed by atoms with Crippen LogP contribution in [-0.4, -0.2) is 55.6 Å². The summed E-state index contributed by atoms with van der Waals surface area (Å²) in [6.45, 7) is 8.73. The van der Waals surface area contributed by atoms with Crippen LogP contribution in [0.1, 0.15) is 18.1 Å². The molecule has 1 aliphatic heterocycles. The van der Waals surface area contributed by atoms with Crippen molar-refractivity contribution in [3.05, 3.63) is 35.4 Å². The summed E-state index contributed by atoms with van der Waals surface area (Å²) in [7, 11) is 1.44. The van der Waals surface area contributed by atoms with Crippen LogP contribution in [0.5, 0.6) is 0 Å². The second-order valence-electron chi connectivity index (χ2n) is 5.23. The van der Waals surface area contributed by atoms with Gasteiger partial charge < -0.3 is 9.64 Å². The number of benzene rings is 1. The van der Waals surface area contributed by atoms with Gasteiger partial charge in [0.15, 0.2) is 0 Å².